The second-order valence-corrected chi connectivity index (χ2v) is 8.32. The molecule has 25 heavy (non-hydrogen) atoms. The molecule has 0 aromatic carbocycles. The Bertz CT molecular complexity index is 735. The summed E-state index contributed by atoms with van der Waals surface area (Å²) in [6.45, 7) is 11.4. The van der Waals surface area contributed by atoms with Crippen LogP contribution in [0, 0.1) is 5.41 Å². The predicted octanol–water partition coefficient (Wildman–Crippen LogP) is 2.92. The SMILES string of the molecule is CSc1nc(NC(C)C)c2cnn(CCNC(=O)CC(C)(C)C)c2n1. The van der Waals surface area contributed by atoms with Crippen molar-refractivity contribution in [3.05, 3.63) is 6.20 Å². The van der Waals surface area contributed by atoms with Crippen molar-refractivity contribution in [1.82, 2.24) is 25.1 Å². The average molecular weight is 365 g/mol. The number of carbonyl (C=O) groups is 1. The number of nitrogens with one attached hydrogen (secondary N) is 2. The molecule has 0 saturated heterocycles. The van der Waals surface area contributed by atoms with Gasteiger partial charge >= 0.3 is 0 Å². The lowest BCUT2D eigenvalue weighted by Gasteiger charge is -2.17. The van der Waals surface area contributed by atoms with Gasteiger partial charge in [-0.2, -0.15) is 5.10 Å². The number of carbonyl (C=O) groups excluding carboxylic acids is 1. The molecule has 0 radical (unpaired) electrons. The minimum Gasteiger partial charge on any atom is -0.367 e. The smallest absolute Gasteiger partial charge is 0.220 e. The number of amides is 1. The molecule has 0 fully saturated rings. The van der Waals surface area contributed by atoms with E-state index in [-0.39, 0.29) is 17.4 Å². The summed E-state index contributed by atoms with van der Waals surface area (Å²) in [6.07, 6.45) is 4.24. The van der Waals surface area contributed by atoms with Crippen molar-refractivity contribution in [2.75, 3.05) is 18.1 Å². The largest absolute Gasteiger partial charge is 0.367 e. The summed E-state index contributed by atoms with van der Waals surface area (Å²) in [4.78, 5) is 21.1. The minimum absolute atomic E-state index is 0.0135. The minimum atomic E-state index is -0.0135. The maximum Gasteiger partial charge on any atom is 0.220 e. The molecule has 0 bridgehead atoms. The number of rotatable bonds is 7. The van der Waals surface area contributed by atoms with Gasteiger partial charge in [0.25, 0.3) is 0 Å². The number of aromatic nitrogens is 4. The van der Waals surface area contributed by atoms with E-state index >= 15 is 0 Å². The van der Waals surface area contributed by atoms with Crippen LogP contribution in [-0.2, 0) is 11.3 Å². The van der Waals surface area contributed by atoms with Crippen LogP contribution in [0.3, 0.4) is 0 Å². The lowest BCUT2D eigenvalue weighted by molar-refractivity contribution is -0.122. The van der Waals surface area contributed by atoms with E-state index in [1.807, 2.05) is 10.9 Å². The number of anilines is 1. The maximum absolute atomic E-state index is 11.9. The zero-order valence-electron chi connectivity index (χ0n) is 15.9. The highest BCUT2D eigenvalue weighted by atomic mass is 32.2. The van der Waals surface area contributed by atoms with Gasteiger partial charge in [0, 0.05) is 19.0 Å². The van der Waals surface area contributed by atoms with Gasteiger partial charge < -0.3 is 10.6 Å². The van der Waals surface area contributed by atoms with E-state index in [4.69, 9.17) is 0 Å². The molecule has 0 unspecified atom stereocenters. The van der Waals surface area contributed by atoms with Gasteiger partial charge in [0.15, 0.2) is 10.8 Å². The summed E-state index contributed by atoms with van der Waals surface area (Å²) < 4.78 is 1.82. The summed E-state index contributed by atoms with van der Waals surface area (Å²) in [6, 6.07) is 0.271. The molecule has 138 valence electrons. The third-order valence-corrected chi connectivity index (χ3v) is 3.97. The van der Waals surface area contributed by atoms with E-state index in [1.54, 1.807) is 6.20 Å². The quantitative estimate of drug-likeness (QED) is 0.580. The molecule has 2 rings (SSSR count). The topological polar surface area (TPSA) is 84.7 Å². The fraction of sp³-hybridized carbons (Fsp3) is 0.647. The van der Waals surface area contributed by atoms with Crippen LogP contribution in [0.4, 0.5) is 5.82 Å². The van der Waals surface area contributed by atoms with Gasteiger partial charge in [-0.3, -0.25) is 4.79 Å². The van der Waals surface area contributed by atoms with Crippen molar-refractivity contribution in [3.8, 4) is 0 Å². The van der Waals surface area contributed by atoms with Crippen LogP contribution < -0.4 is 10.6 Å². The van der Waals surface area contributed by atoms with Crippen LogP contribution in [0.1, 0.15) is 41.0 Å². The van der Waals surface area contributed by atoms with Crippen molar-refractivity contribution >= 4 is 34.5 Å². The highest BCUT2D eigenvalue weighted by Crippen LogP contribution is 2.24. The van der Waals surface area contributed by atoms with Gasteiger partial charge in [0.05, 0.1) is 18.1 Å². The van der Waals surface area contributed by atoms with E-state index in [9.17, 15) is 4.79 Å². The number of hydrogen-bond acceptors (Lipinski definition) is 6. The Morgan fingerprint density at radius 1 is 1.32 bits per heavy atom. The third kappa shape index (κ3) is 5.59. The predicted molar refractivity (Wildman–Crippen MR) is 103 cm³/mol. The van der Waals surface area contributed by atoms with Crippen LogP contribution in [0.25, 0.3) is 11.0 Å². The van der Waals surface area contributed by atoms with Crippen molar-refractivity contribution in [1.29, 1.82) is 0 Å². The van der Waals surface area contributed by atoms with Gasteiger partial charge in [-0.1, -0.05) is 32.5 Å². The Morgan fingerprint density at radius 3 is 2.64 bits per heavy atom. The van der Waals surface area contributed by atoms with E-state index in [1.165, 1.54) is 11.8 Å². The first-order valence-corrected chi connectivity index (χ1v) is 9.73. The maximum atomic E-state index is 11.9. The zero-order chi connectivity index (χ0) is 18.6. The summed E-state index contributed by atoms with van der Waals surface area (Å²) in [5.41, 5.74) is 0.771. The lowest BCUT2D eigenvalue weighted by atomic mass is 9.92. The Balaban J connectivity index is 2.12. The molecule has 0 saturated carbocycles. The molecule has 1 amide bonds. The fourth-order valence-electron chi connectivity index (χ4n) is 2.42. The molecule has 2 aromatic rings. The first kappa shape index (κ1) is 19.5. The van der Waals surface area contributed by atoms with Crippen LogP contribution in [0.5, 0.6) is 0 Å². The molecule has 0 aliphatic carbocycles. The van der Waals surface area contributed by atoms with E-state index < -0.39 is 0 Å². The summed E-state index contributed by atoms with van der Waals surface area (Å²) in [7, 11) is 0. The molecular formula is C17H28N6OS. The number of thioether (sulfide) groups is 1. The highest BCUT2D eigenvalue weighted by molar-refractivity contribution is 7.98. The fourth-order valence-corrected chi connectivity index (χ4v) is 2.78. The first-order chi connectivity index (χ1) is 11.7. The standard InChI is InChI=1S/C17H28N6OS/c1-11(2)20-14-12-10-19-23(15(12)22-16(21-14)25-6)8-7-18-13(24)9-17(3,4)5/h10-11H,7-9H2,1-6H3,(H,18,24)(H,20,21,22). The Hall–Kier alpha value is -1.83. The first-order valence-electron chi connectivity index (χ1n) is 8.50. The summed E-state index contributed by atoms with van der Waals surface area (Å²) in [5, 5.41) is 12.3. The molecule has 8 heteroatoms. The highest BCUT2D eigenvalue weighted by Gasteiger charge is 2.16. The number of hydrogen-bond donors (Lipinski definition) is 2. The second-order valence-electron chi connectivity index (χ2n) is 7.55. The van der Waals surface area contributed by atoms with Gasteiger partial charge in [-0.05, 0) is 25.5 Å². The van der Waals surface area contributed by atoms with Gasteiger partial charge in [0.2, 0.25) is 5.91 Å². The van der Waals surface area contributed by atoms with E-state index in [0.29, 0.717) is 24.7 Å². The lowest BCUT2D eigenvalue weighted by Crippen LogP contribution is -2.30. The molecular weight excluding hydrogens is 336 g/mol. The molecule has 2 heterocycles. The second kappa shape index (κ2) is 8.03. The van der Waals surface area contributed by atoms with Crippen LogP contribution >= 0.6 is 11.8 Å². The van der Waals surface area contributed by atoms with Crippen LogP contribution in [-0.4, -0.2) is 44.5 Å². The Morgan fingerprint density at radius 2 is 2.04 bits per heavy atom. The Labute approximate surface area is 153 Å². The number of nitrogens with zero attached hydrogens (tertiary/aromatic N) is 4. The summed E-state index contributed by atoms with van der Waals surface area (Å²) >= 11 is 1.50. The zero-order valence-corrected chi connectivity index (χ0v) is 16.7. The monoisotopic (exact) mass is 364 g/mol. The molecule has 0 spiro atoms. The van der Waals surface area contributed by atoms with Gasteiger partial charge in [0.1, 0.15) is 5.82 Å². The third-order valence-electron chi connectivity index (χ3n) is 3.42. The molecule has 0 aliphatic rings. The van der Waals surface area contributed by atoms with Crippen molar-refractivity contribution in [2.24, 2.45) is 5.41 Å². The van der Waals surface area contributed by atoms with Crippen molar-refractivity contribution in [2.45, 2.75) is 58.8 Å². The van der Waals surface area contributed by atoms with Crippen LogP contribution in [0.2, 0.25) is 0 Å². The normalized spacial score (nSPS) is 12.0. The molecule has 2 N–H and O–H groups in total. The van der Waals surface area contributed by atoms with E-state index in [2.05, 4.69) is 60.3 Å². The van der Waals surface area contributed by atoms with Crippen LogP contribution in [0.15, 0.2) is 11.4 Å². The Kier molecular flexibility index (Phi) is 6.26. The van der Waals surface area contributed by atoms with Crippen molar-refractivity contribution in [3.63, 3.8) is 0 Å². The molecule has 2 aromatic heterocycles. The van der Waals surface area contributed by atoms with E-state index in [0.717, 1.165) is 16.9 Å². The molecule has 7 nitrogen and oxygen atoms in total. The number of fused-ring (bicyclic) bond motifs is 1. The molecule has 0 atom stereocenters. The van der Waals surface area contributed by atoms with Gasteiger partial charge in [-0.15, -0.1) is 0 Å². The summed E-state index contributed by atoms with van der Waals surface area (Å²) in [5.74, 6) is 0.859. The van der Waals surface area contributed by atoms with Gasteiger partial charge in [-0.25, -0.2) is 14.6 Å². The average Bonchev–Trinajstić information content (AvgIpc) is 2.88. The van der Waals surface area contributed by atoms with Crippen molar-refractivity contribution < 1.29 is 4.79 Å². The molecule has 0 aliphatic heterocycles.